The molecule has 4 atom stereocenters. The second kappa shape index (κ2) is 18.1. The summed E-state index contributed by atoms with van der Waals surface area (Å²) in [5, 5.41) is 7.79. The standard InChI is InChI=1S/C31H48N6O7/c1-6-21(4)27(35-30(42)23(16-20(2)3)34-25(38)19-37-12-14-44-15-13-37)28(40)31(43)33-18-26(39)36(5)24(29(32)41)17-22-10-8-7-9-11-22/h7-11,20-21,23-24,27H,6,12-19H2,1-5H3,(H2,32,41)(H,33,43)(H,34,38)(H,35,42)/t21-,23-,24-,27?/m0/s1. The molecular formula is C31H48N6O7. The monoisotopic (exact) mass is 616 g/mol. The summed E-state index contributed by atoms with van der Waals surface area (Å²) >= 11 is 0. The van der Waals surface area contributed by atoms with Gasteiger partial charge in [0.25, 0.3) is 5.91 Å². The highest BCUT2D eigenvalue weighted by molar-refractivity contribution is 6.38. The van der Waals surface area contributed by atoms with Gasteiger partial charge in [0.05, 0.1) is 32.3 Å². The first-order valence-corrected chi connectivity index (χ1v) is 15.1. The zero-order valence-electron chi connectivity index (χ0n) is 26.5. The van der Waals surface area contributed by atoms with Gasteiger partial charge >= 0.3 is 0 Å². The smallest absolute Gasteiger partial charge is 0.290 e. The fraction of sp³-hybridized carbons (Fsp3) is 0.613. The molecule has 5 amide bonds. The number of carbonyl (C=O) groups excluding carboxylic acids is 6. The number of primary amides is 1. The van der Waals surface area contributed by atoms with Crippen LogP contribution in [0.5, 0.6) is 0 Å². The highest BCUT2D eigenvalue weighted by atomic mass is 16.5. The number of hydrogen-bond donors (Lipinski definition) is 4. The molecule has 13 heteroatoms. The van der Waals surface area contributed by atoms with Crippen LogP contribution in [-0.2, 0) is 39.9 Å². The highest BCUT2D eigenvalue weighted by Crippen LogP contribution is 2.12. The van der Waals surface area contributed by atoms with E-state index in [4.69, 9.17) is 10.5 Å². The Bertz CT molecular complexity index is 1140. The summed E-state index contributed by atoms with van der Waals surface area (Å²) in [7, 11) is 1.40. The van der Waals surface area contributed by atoms with Crippen LogP contribution in [0.25, 0.3) is 0 Å². The molecular weight excluding hydrogens is 568 g/mol. The molecule has 1 unspecified atom stereocenters. The maximum atomic E-state index is 13.4. The molecule has 1 aliphatic heterocycles. The Balaban J connectivity index is 2.04. The van der Waals surface area contributed by atoms with Gasteiger partial charge < -0.3 is 31.3 Å². The third kappa shape index (κ3) is 11.7. The van der Waals surface area contributed by atoms with Crippen molar-refractivity contribution in [3.63, 3.8) is 0 Å². The van der Waals surface area contributed by atoms with Crippen LogP contribution in [0.2, 0.25) is 0 Å². The molecule has 0 bridgehead atoms. The molecule has 0 aliphatic carbocycles. The molecule has 13 nitrogen and oxygen atoms in total. The summed E-state index contributed by atoms with van der Waals surface area (Å²) in [6.45, 7) is 9.23. The maximum absolute atomic E-state index is 13.4. The molecule has 0 saturated carbocycles. The highest BCUT2D eigenvalue weighted by Gasteiger charge is 2.34. The van der Waals surface area contributed by atoms with Crippen molar-refractivity contribution < 1.29 is 33.5 Å². The van der Waals surface area contributed by atoms with Crippen LogP contribution >= 0.6 is 0 Å². The van der Waals surface area contributed by atoms with Gasteiger partial charge in [0.1, 0.15) is 12.1 Å². The topological polar surface area (TPSA) is 180 Å². The third-order valence-corrected chi connectivity index (χ3v) is 7.71. The van der Waals surface area contributed by atoms with E-state index >= 15 is 0 Å². The van der Waals surface area contributed by atoms with Crippen LogP contribution in [0, 0.1) is 11.8 Å². The van der Waals surface area contributed by atoms with Crippen molar-refractivity contribution in [1.82, 2.24) is 25.8 Å². The van der Waals surface area contributed by atoms with Crippen molar-refractivity contribution in [3.05, 3.63) is 35.9 Å². The second-order valence-corrected chi connectivity index (χ2v) is 11.7. The van der Waals surface area contributed by atoms with Crippen molar-refractivity contribution in [2.75, 3.05) is 46.4 Å². The van der Waals surface area contributed by atoms with E-state index in [-0.39, 0.29) is 24.8 Å². The Morgan fingerprint density at radius 2 is 1.64 bits per heavy atom. The fourth-order valence-electron chi connectivity index (χ4n) is 4.81. The lowest BCUT2D eigenvalue weighted by Crippen LogP contribution is -2.57. The first-order valence-electron chi connectivity index (χ1n) is 15.1. The Labute approximate surface area is 259 Å². The van der Waals surface area contributed by atoms with E-state index in [1.165, 1.54) is 7.05 Å². The lowest BCUT2D eigenvalue weighted by molar-refractivity contribution is -0.143. The van der Waals surface area contributed by atoms with Gasteiger partial charge in [-0.25, -0.2) is 0 Å². The van der Waals surface area contributed by atoms with E-state index in [1.54, 1.807) is 31.2 Å². The normalized spacial score (nSPS) is 16.2. The minimum Gasteiger partial charge on any atom is -0.379 e. The number of ether oxygens (including phenoxy) is 1. The lowest BCUT2D eigenvalue weighted by atomic mass is 9.93. The van der Waals surface area contributed by atoms with Crippen molar-refractivity contribution in [1.29, 1.82) is 0 Å². The number of rotatable bonds is 17. The van der Waals surface area contributed by atoms with Gasteiger partial charge in [-0.15, -0.1) is 0 Å². The Kier molecular flexibility index (Phi) is 14.9. The SMILES string of the molecule is CC[C@H](C)C(NC(=O)[C@H](CC(C)C)NC(=O)CN1CCOCC1)C(=O)C(=O)NCC(=O)N(C)[C@@H](Cc1ccccc1)C(N)=O. The number of hydrogen-bond acceptors (Lipinski definition) is 8. The maximum Gasteiger partial charge on any atom is 0.290 e. The summed E-state index contributed by atoms with van der Waals surface area (Å²) in [5.41, 5.74) is 6.35. The van der Waals surface area contributed by atoms with Gasteiger partial charge in [-0.05, 0) is 23.8 Å². The van der Waals surface area contributed by atoms with E-state index in [0.717, 1.165) is 10.5 Å². The summed E-state index contributed by atoms with van der Waals surface area (Å²) < 4.78 is 5.31. The minimum atomic E-state index is -1.18. The van der Waals surface area contributed by atoms with Crippen molar-refractivity contribution >= 4 is 35.3 Å². The van der Waals surface area contributed by atoms with Gasteiger partial charge in [0.15, 0.2) is 0 Å². The molecule has 244 valence electrons. The quantitative estimate of drug-likeness (QED) is 0.171. The average Bonchev–Trinajstić information content (AvgIpc) is 3.00. The summed E-state index contributed by atoms with van der Waals surface area (Å²) in [5.74, 6) is -4.53. The number of likely N-dealkylation sites (N-methyl/N-ethyl adjacent to an activating group) is 1. The molecule has 1 fully saturated rings. The van der Waals surface area contributed by atoms with Gasteiger partial charge in [0.2, 0.25) is 29.4 Å². The van der Waals surface area contributed by atoms with Crippen LogP contribution in [0.4, 0.5) is 0 Å². The number of amides is 5. The number of benzene rings is 1. The van der Waals surface area contributed by atoms with E-state index < -0.39 is 60.0 Å². The molecule has 2 rings (SSSR count). The largest absolute Gasteiger partial charge is 0.379 e. The van der Waals surface area contributed by atoms with Gasteiger partial charge in [-0.1, -0.05) is 64.4 Å². The Hall–Kier alpha value is -3.84. The first kappa shape index (κ1) is 36.4. The Morgan fingerprint density at radius 3 is 2.20 bits per heavy atom. The molecule has 0 spiro atoms. The fourth-order valence-corrected chi connectivity index (χ4v) is 4.81. The van der Waals surface area contributed by atoms with Crippen molar-refractivity contribution in [2.45, 2.75) is 65.1 Å². The van der Waals surface area contributed by atoms with Crippen LogP contribution in [0.1, 0.15) is 46.1 Å². The molecule has 1 aromatic carbocycles. The molecule has 5 N–H and O–H groups in total. The minimum absolute atomic E-state index is 0.0598. The van der Waals surface area contributed by atoms with Gasteiger partial charge in [-0.2, -0.15) is 0 Å². The number of ketones is 1. The molecule has 1 aromatic rings. The number of carbonyl (C=O) groups is 6. The molecule has 0 aromatic heterocycles. The van der Waals surface area contributed by atoms with E-state index in [9.17, 15) is 28.8 Å². The van der Waals surface area contributed by atoms with Crippen LogP contribution < -0.4 is 21.7 Å². The molecule has 1 heterocycles. The first-order chi connectivity index (χ1) is 20.8. The number of morpholine rings is 1. The Morgan fingerprint density at radius 1 is 1.00 bits per heavy atom. The summed E-state index contributed by atoms with van der Waals surface area (Å²) in [6.07, 6.45) is 0.997. The second-order valence-electron chi connectivity index (χ2n) is 11.7. The number of nitrogens with two attached hydrogens (primary N) is 1. The number of Topliss-reactive ketones (excluding diaryl/α,β-unsaturated/α-hetero) is 1. The van der Waals surface area contributed by atoms with Crippen LogP contribution in [-0.4, -0.2) is 110 Å². The van der Waals surface area contributed by atoms with E-state index in [1.807, 2.05) is 31.7 Å². The van der Waals surface area contributed by atoms with Crippen LogP contribution in [0.15, 0.2) is 30.3 Å². The predicted molar refractivity (Wildman–Crippen MR) is 164 cm³/mol. The summed E-state index contributed by atoms with van der Waals surface area (Å²) in [6, 6.07) is 6.00. The summed E-state index contributed by atoms with van der Waals surface area (Å²) in [4.78, 5) is 80.3. The van der Waals surface area contributed by atoms with Crippen molar-refractivity contribution in [3.8, 4) is 0 Å². The van der Waals surface area contributed by atoms with Gasteiger partial charge in [0, 0.05) is 26.6 Å². The van der Waals surface area contributed by atoms with E-state index in [2.05, 4.69) is 16.0 Å². The van der Waals surface area contributed by atoms with Crippen molar-refractivity contribution in [2.24, 2.45) is 17.6 Å². The van der Waals surface area contributed by atoms with Crippen LogP contribution in [0.3, 0.4) is 0 Å². The lowest BCUT2D eigenvalue weighted by Gasteiger charge is -2.29. The zero-order chi connectivity index (χ0) is 32.8. The number of nitrogens with zero attached hydrogens (tertiary/aromatic N) is 2. The van der Waals surface area contributed by atoms with E-state index in [0.29, 0.717) is 39.1 Å². The molecule has 1 aliphatic rings. The molecule has 0 radical (unpaired) electrons. The average molecular weight is 617 g/mol. The predicted octanol–water partition coefficient (Wildman–Crippen LogP) is -0.379. The zero-order valence-corrected chi connectivity index (χ0v) is 26.5. The number of nitrogens with one attached hydrogen (secondary N) is 3. The molecule has 44 heavy (non-hydrogen) atoms. The van der Waals surface area contributed by atoms with Gasteiger partial charge in [-0.3, -0.25) is 33.7 Å². The third-order valence-electron chi connectivity index (χ3n) is 7.71. The molecule has 1 saturated heterocycles.